The number of benzene rings is 1. The molecule has 2 aromatic heterocycles. The molecule has 0 aliphatic rings. The molecule has 1 aromatic carbocycles. The van der Waals surface area contributed by atoms with Crippen molar-refractivity contribution in [3.05, 3.63) is 54.4 Å². The highest BCUT2D eigenvalue weighted by Gasteiger charge is 2.16. The van der Waals surface area contributed by atoms with Crippen LogP contribution < -0.4 is 5.32 Å². The Morgan fingerprint density at radius 3 is 2.71 bits per heavy atom. The van der Waals surface area contributed by atoms with E-state index >= 15 is 0 Å². The minimum absolute atomic E-state index is 0.409. The van der Waals surface area contributed by atoms with Crippen LogP contribution in [0.4, 0.5) is 5.95 Å². The third-order valence-corrected chi connectivity index (χ3v) is 3.80. The summed E-state index contributed by atoms with van der Waals surface area (Å²) in [4.78, 5) is 12.1. The van der Waals surface area contributed by atoms with Crippen molar-refractivity contribution in [2.45, 2.75) is 19.8 Å². The Hall–Kier alpha value is -2.36. The van der Waals surface area contributed by atoms with E-state index in [9.17, 15) is 0 Å². The Bertz CT molecular complexity index is 670. The first kappa shape index (κ1) is 13.6. The Morgan fingerprint density at radius 2 is 2.00 bits per heavy atom. The fourth-order valence-corrected chi connectivity index (χ4v) is 2.58. The molecule has 0 fully saturated rings. The summed E-state index contributed by atoms with van der Waals surface area (Å²) in [5.74, 6) is 1.77. The molecule has 4 heteroatoms. The first-order chi connectivity index (χ1) is 10.2. The van der Waals surface area contributed by atoms with Crippen molar-refractivity contribution in [3.8, 4) is 0 Å². The van der Waals surface area contributed by atoms with Gasteiger partial charge in [0.2, 0.25) is 5.95 Å². The Labute approximate surface area is 124 Å². The number of hydrogen-bond acceptors (Lipinski definition) is 3. The number of nitrogens with zero attached hydrogens (tertiary/aromatic N) is 2. The zero-order chi connectivity index (χ0) is 14.7. The lowest BCUT2D eigenvalue weighted by Crippen LogP contribution is -2.18. The van der Waals surface area contributed by atoms with Crippen LogP contribution in [0.1, 0.15) is 25.3 Å². The fraction of sp³-hybridized carbons (Fsp3) is 0.294. The van der Waals surface area contributed by atoms with Gasteiger partial charge in [-0.05, 0) is 29.7 Å². The van der Waals surface area contributed by atoms with Crippen LogP contribution in [0.5, 0.6) is 0 Å². The van der Waals surface area contributed by atoms with Crippen molar-refractivity contribution in [1.82, 2.24) is 15.0 Å². The van der Waals surface area contributed by atoms with E-state index in [4.69, 9.17) is 0 Å². The second kappa shape index (κ2) is 5.95. The molecule has 3 rings (SSSR count). The molecule has 0 bridgehead atoms. The van der Waals surface area contributed by atoms with E-state index in [1.807, 2.05) is 42.7 Å². The van der Waals surface area contributed by atoms with E-state index in [0.717, 1.165) is 23.5 Å². The summed E-state index contributed by atoms with van der Waals surface area (Å²) in [5.41, 5.74) is 3.31. The second-order valence-corrected chi connectivity index (χ2v) is 5.62. The third kappa shape index (κ3) is 3.05. The largest absolute Gasteiger partial charge is 0.355 e. The molecule has 108 valence electrons. The van der Waals surface area contributed by atoms with Gasteiger partial charge >= 0.3 is 0 Å². The Kier molecular flexibility index (Phi) is 3.86. The maximum Gasteiger partial charge on any atom is 0.201 e. The zero-order valence-corrected chi connectivity index (χ0v) is 12.4. The lowest BCUT2D eigenvalue weighted by atomic mass is 9.89. The summed E-state index contributed by atoms with van der Waals surface area (Å²) in [7, 11) is 0. The number of pyridine rings is 1. The molecule has 0 saturated carbocycles. The van der Waals surface area contributed by atoms with Gasteiger partial charge in [-0.25, -0.2) is 4.98 Å². The van der Waals surface area contributed by atoms with Gasteiger partial charge in [-0.3, -0.25) is 4.98 Å². The van der Waals surface area contributed by atoms with Gasteiger partial charge in [-0.2, -0.15) is 0 Å². The molecular formula is C17H20N4. The number of para-hydroxylation sites is 2. The number of imidazole rings is 1. The average Bonchev–Trinajstić information content (AvgIpc) is 2.91. The maximum absolute atomic E-state index is 4.56. The summed E-state index contributed by atoms with van der Waals surface area (Å²) in [6, 6.07) is 12.2. The number of anilines is 1. The van der Waals surface area contributed by atoms with Crippen LogP contribution in [0.25, 0.3) is 11.0 Å². The van der Waals surface area contributed by atoms with Gasteiger partial charge in [0, 0.05) is 24.9 Å². The highest BCUT2D eigenvalue weighted by atomic mass is 15.1. The minimum Gasteiger partial charge on any atom is -0.355 e. The molecule has 2 heterocycles. The third-order valence-electron chi connectivity index (χ3n) is 3.80. The number of nitrogens with one attached hydrogen (secondary N) is 2. The van der Waals surface area contributed by atoms with Crippen LogP contribution in [-0.4, -0.2) is 21.5 Å². The van der Waals surface area contributed by atoms with Gasteiger partial charge in [0.25, 0.3) is 0 Å². The highest BCUT2D eigenvalue weighted by molar-refractivity contribution is 5.77. The van der Waals surface area contributed by atoms with E-state index < -0.39 is 0 Å². The molecule has 0 aliphatic heterocycles. The van der Waals surface area contributed by atoms with E-state index in [1.165, 1.54) is 5.56 Å². The van der Waals surface area contributed by atoms with Crippen LogP contribution in [-0.2, 0) is 0 Å². The van der Waals surface area contributed by atoms with Crippen LogP contribution in [0.15, 0.2) is 48.8 Å². The molecule has 21 heavy (non-hydrogen) atoms. The lowest BCUT2D eigenvalue weighted by Gasteiger charge is -2.21. The van der Waals surface area contributed by atoms with Crippen LogP contribution in [0, 0.1) is 5.92 Å². The molecule has 0 radical (unpaired) electrons. The van der Waals surface area contributed by atoms with Crippen molar-refractivity contribution < 1.29 is 0 Å². The van der Waals surface area contributed by atoms with Gasteiger partial charge in [0.05, 0.1) is 11.0 Å². The maximum atomic E-state index is 4.56. The lowest BCUT2D eigenvalue weighted by molar-refractivity contribution is 0.515. The number of aromatic amines is 1. The van der Waals surface area contributed by atoms with E-state index in [0.29, 0.717) is 11.8 Å². The van der Waals surface area contributed by atoms with Crippen molar-refractivity contribution >= 4 is 17.0 Å². The molecular weight excluding hydrogens is 260 g/mol. The first-order valence-electron chi connectivity index (χ1n) is 7.32. The fourth-order valence-electron chi connectivity index (χ4n) is 2.58. The number of fused-ring (bicyclic) bond motifs is 1. The Morgan fingerprint density at radius 1 is 1.14 bits per heavy atom. The first-order valence-corrected chi connectivity index (χ1v) is 7.32. The summed E-state index contributed by atoms with van der Waals surface area (Å²) in [6.07, 6.45) is 3.76. The monoisotopic (exact) mass is 280 g/mol. The van der Waals surface area contributed by atoms with Gasteiger partial charge in [-0.15, -0.1) is 0 Å². The highest BCUT2D eigenvalue weighted by Crippen LogP contribution is 2.24. The normalized spacial score (nSPS) is 12.7. The molecule has 0 spiro atoms. The molecule has 0 saturated heterocycles. The van der Waals surface area contributed by atoms with Crippen molar-refractivity contribution in [2.24, 2.45) is 5.92 Å². The summed E-state index contributed by atoms with van der Waals surface area (Å²) >= 11 is 0. The van der Waals surface area contributed by atoms with Crippen LogP contribution >= 0.6 is 0 Å². The smallest absolute Gasteiger partial charge is 0.201 e. The van der Waals surface area contributed by atoms with Crippen LogP contribution in [0.2, 0.25) is 0 Å². The van der Waals surface area contributed by atoms with Crippen LogP contribution in [0.3, 0.4) is 0 Å². The quantitative estimate of drug-likeness (QED) is 0.747. The SMILES string of the molecule is CC(C)C(CNc1nc2ccccc2[nH]1)c1cccnc1. The average molecular weight is 280 g/mol. The predicted molar refractivity (Wildman–Crippen MR) is 86.4 cm³/mol. The minimum atomic E-state index is 0.409. The molecule has 0 aliphatic carbocycles. The van der Waals surface area contributed by atoms with Gasteiger partial charge in [0.1, 0.15) is 0 Å². The Balaban J connectivity index is 1.75. The van der Waals surface area contributed by atoms with Crippen molar-refractivity contribution in [1.29, 1.82) is 0 Å². The molecule has 2 N–H and O–H groups in total. The topological polar surface area (TPSA) is 53.6 Å². The van der Waals surface area contributed by atoms with E-state index in [2.05, 4.69) is 40.2 Å². The number of H-pyrrole nitrogens is 1. The van der Waals surface area contributed by atoms with Crippen molar-refractivity contribution in [3.63, 3.8) is 0 Å². The summed E-state index contributed by atoms with van der Waals surface area (Å²) in [5, 5.41) is 3.42. The summed E-state index contributed by atoms with van der Waals surface area (Å²) in [6.45, 7) is 5.30. The molecule has 1 atom stereocenters. The zero-order valence-electron chi connectivity index (χ0n) is 12.4. The molecule has 3 aromatic rings. The van der Waals surface area contributed by atoms with E-state index in [1.54, 1.807) is 0 Å². The molecule has 4 nitrogen and oxygen atoms in total. The number of hydrogen-bond donors (Lipinski definition) is 2. The predicted octanol–water partition coefficient (Wildman–Crippen LogP) is 3.81. The van der Waals surface area contributed by atoms with Gasteiger partial charge < -0.3 is 10.3 Å². The molecule has 0 amide bonds. The van der Waals surface area contributed by atoms with Crippen molar-refractivity contribution in [2.75, 3.05) is 11.9 Å². The number of aromatic nitrogens is 3. The number of rotatable bonds is 5. The van der Waals surface area contributed by atoms with Gasteiger partial charge in [0.15, 0.2) is 0 Å². The second-order valence-electron chi connectivity index (χ2n) is 5.62. The van der Waals surface area contributed by atoms with Gasteiger partial charge in [-0.1, -0.05) is 32.0 Å². The molecule has 1 unspecified atom stereocenters. The summed E-state index contributed by atoms with van der Waals surface area (Å²) < 4.78 is 0. The van der Waals surface area contributed by atoms with E-state index in [-0.39, 0.29) is 0 Å². The standard InChI is InChI=1S/C17H20N4/c1-12(2)14(13-6-5-9-18-10-13)11-19-17-20-15-7-3-4-8-16(15)21-17/h3-10,12,14H,11H2,1-2H3,(H2,19,20,21).